The summed E-state index contributed by atoms with van der Waals surface area (Å²) >= 11 is 0. The van der Waals surface area contributed by atoms with Gasteiger partial charge in [0.05, 0.1) is 6.61 Å². The molecular weight excluding hydrogens is 138 g/mol. The number of aliphatic hydroxyl groups is 1. The summed E-state index contributed by atoms with van der Waals surface area (Å²) in [6, 6.07) is 0. The van der Waals surface area contributed by atoms with Gasteiger partial charge in [0, 0.05) is 25.0 Å². The van der Waals surface area contributed by atoms with Gasteiger partial charge in [-0.25, -0.2) is 0 Å². The Kier molecular flexibility index (Phi) is 2.55. The molecule has 0 aromatic heterocycles. The lowest BCUT2D eigenvalue weighted by Gasteiger charge is -2.47. The van der Waals surface area contributed by atoms with E-state index < -0.39 is 0 Å². The van der Waals surface area contributed by atoms with Crippen LogP contribution in [-0.4, -0.2) is 36.2 Å². The minimum atomic E-state index is 0.203. The van der Waals surface area contributed by atoms with Crippen LogP contribution in [0, 0.1) is 11.3 Å². The summed E-state index contributed by atoms with van der Waals surface area (Å²) in [4.78, 5) is 2.40. The quantitative estimate of drug-likeness (QED) is 0.659. The zero-order chi connectivity index (χ0) is 8.48. The van der Waals surface area contributed by atoms with Gasteiger partial charge < -0.3 is 10.0 Å². The van der Waals surface area contributed by atoms with E-state index in [1.165, 1.54) is 6.54 Å². The highest BCUT2D eigenvalue weighted by Gasteiger charge is 2.37. The molecule has 0 aliphatic carbocycles. The largest absolute Gasteiger partial charge is 0.396 e. The van der Waals surface area contributed by atoms with Gasteiger partial charge >= 0.3 is 0 Å². The van der Waals surface area contributed by atoms with Crippen LogP contribution in [0.1, 0.15) is 20.8 Å². The van der Waals surface area contributed by atoms with Crippen LogP contribution in [-0.2, 0) is 0 Å². The Hall–Kier alpha value is -0.0800. The average Bonchev–Trinajstić information content (AvgIpc) is 1.83. The molecule has 0 aromatic carbocycles. The van der Waals surface area contributed by atoms with E-state index in [0.717, 1.165) is 19.0 Å². The first kappa shape index (κ1) is 9.01. The van der Waals surface area contributed by atoms with Crippen molar-refractivity contribution in [2.75, 3.05) is 26.2 Å². The summed E-state index contributed by atoms with van der Waals surface area (Å²) in [5, 5.41) is 8.97. The molecule has 2 heteroatoms. The fourth-order valence-electron chi connectivity index (χ4n) is 1.78. The van der Waals surface area contributed by atoms with Crippen LogP contribution in [0.2, 0.25) is 0 Å². The number of likely N-dealkylation sites (tertiary alicyclic amines) is 1. The third kappa shape index (κ3) is 2.17. The second kappa shape index (κ2) is 3.11. The van der Waals surface area contributed by atoms with Gasteiger partial charge in [0.15, 0.2) is 0 Å². The number of hydrogen-bond donors (Lipinski definition) is 1. The lowest BCUT2D eigenvalue weighted by Crippen LogP contribution is -2.57. The van der Waals surface area contributed by atoms with Crippen LogP contribution in [0.4, 0.5) is 0 Å². The molecule has 1 rings (SSSR count). The van der Waals surface area contributed by atoms with Gasteiger partial charge in [-0.15, -0.1) is 0 Å². The van der Waals surface area contributed by atoms with Gasteiger partial charge in [-0.1, -0.05) is 20.8 Å². The Balaban J connectivity index is 2.18. The molecule has 1 heterocycles. The van der Waals surface area contributed by atoms with Crippen LogP contribution >= 0.6 is 0 Å². The number of nitrogens with zero attached hydrogens (tertiary/aromatic N) is 1. The summed E-state index contributed by atoms with van der Waals surface area (Å²) in [6.07, 6.45) is 0. The molecule has 1 saturated heterocycles. The van der Waals surface area contributed by atoms with E-state index in [1.807, 2.05) is 0 Å². The van der Waals surface area contributed by atoms with Crippen molar-refractivity contribution in [3.63, 3.8) is 0 Å². The van der Waals surface area contributed by atoms with Crippen LogP contribution in [0.5, 0.6) is 0 Å². The Morgan fingerprint density at radius 1 is 1.45 bits per heavy atom. The number of aliphatic hydroxyl groups excluding tert-OH is 1. The summed E-state index contributed by atoms with van der Waals surface area (Å²) in [7, 11) is 0. The van der Waals surface area contributed by atoms with Crippen molar-refractivity contribution in [3.05, 3.63) is 0 Å². The molecule has 0 radical (unpaired) electrons. The van der Waals surface area contributed by atoms with Gasteiger partial charge in [-0.2, -0.15) is 0 Å². The monoisotopic (exact) mass is 157 g/mol. The molecule has 1 N–H and O–H groups in total. The average molecular weight is 157 g/mol. The van der Waals surface area contributed by atoms with Crippen molar-refractivity contribution in [1.82, 2.24) is 4.90 Å². The van der Waals surface area contributed by atoms with E-state index in [4.69, 9.17) is 5.11 Å². The summed E-state index contributed by atoms with van der Waals surface area (Å²) < 4.78 is 0. The van der Waals surface area contributed by atoms with Crippen LogP contribution in [0.3, 0.4) is 0 Å². The second-order valence-electron chi connectivity index (χ2n) is 4.53. The molecule has 1 fully saturated rings. The molecule has 0 bridgehead atoms. The zero-order valence-corrected chi connectivity index (χ0v) is 7.80. The highest BCUT2D eigenvalue weighted by molar-refractivity contribution is 4.90. The van der Waals surface area contributed by atoms with E-state index in [-0.39, 0.29) is 5.41 Å². The van der Waals surface area contributed by atoms with Crippen molar-refractivity contribution >= 4 is 0 Å². The Morgan fingerprint density at radius 3 is 2.36 bits per heavy atom. The third-order valence-corrected chi connectivity index (χ3v) is 2.22. The molecule has 0 amide bonds. The van der Waals surface area contributed by atoms with E-state index in [0.29, 0.717) is 6.61 Å². The standard InChI is InChI=1S/C9H19NO/c1-8(2)4-10-5-9(3,6-10)7-11/h8,11H,4-7H2,1-3H3. The smallest absolute Gasteiger partial charge is 0.0509 e. The molecule has 66 valence electrons. The zero-order valence-electron chi connectivity index (χ0n) is 7.80. The summed E-state index contributed by atoms with van der Waals surface area (Å²) in [5.74, 6) is 0.748. The van der Waals surface area contributed by atoms with Gasteiger partial charge in [-0.05, 0) is 5.92 Å². The SMILES string of the molecule is CC(C)CN1CC(C)(CO)C1. The first-order chi connectivity index (χ1) is 5.06. The Morgan fingerprint density at radius 2 is 2.00 bits per heavy atom. The highest BCUT2D eigenvalue weighted by Crippen LogP contribution is 2.29. The van der Waals surface area contributed by atoms with Gasteiger partial charge in [0.25, 0.3) is 0 Å². The van der Waals surface area contributed by atoms with Crippen molar-refractivity contribution in [2.45, 2.75) is 20.8 Å². The number of hydrogen-bond acceptors (Lipinski definition) is 2. The van der Waals surface area contributed by atoms with E-state index in [9.17, 15) is 0 Å². The Bertz CT molecular complexity index is 128. The second-order valence-corrected chi connectivity index (χ2v) is 4.53. The van der Waals surface area contributed by atoms with Crippen LogP contribution in [0.25, 0.3) is 0 Å². The molecule has 11 heavy (non-hydrogen) atoms. The lowest BCUT2D eigenvalue weighted by atomic mass is 9.82. The van der Waals surface area contributed by atoms with Crippen molar-refractivity contribution in [2.24, 2.45) is 11.3 Å². The predicted octanol–water partition coefficient (Wildman–Crippen LogP) is 0.957. The minimum Gasteiger partial charge on any atom is -0.396 e. The van der Waals surface area contributed by atoms with Gasteiger partial charge in [-0.3, -0.25) is 0 Å². The maximum atomic E-state index is 8.97. The van der Waals surface area contributed by atoms with Crippen molar-refractivity contribution in [1.29, 1.82) is 0 Å². The molecule has 0 aromatic rings. The van der Waals surface area contributed by atoms with Crippen molar-refractivity contribution < 1.29 is 5.11 Å². The van der Waals surface area contributed by atoms with E-state index >= 15 is 0 Å². The topological polar surface area (TPSA) is 23.5 Å². The van der Waals surface area contributed by atoms with E-state index in [2.05, 4.69) is 25.7 Å². The lowest BCUT2D eigenvalue weighted by molar-refractivity contribution is -0.0324. The van der Waals surface area contributed by atoms with Gasteiger partial charge in [0.2, 0.25) is 0 Å². The highest BCUT2D eigenvalue weighted by atomic mass is 16.3. The first-order valence-electron chi connectivity index (χ1n) is 4.39. The van der Waals surface area contributed by atoms with Crippen molar-refractivity contribution in [3.8, 4) is 0 Å². The maximum Gasteiger partial charge on any atom is 0.0509 e. The summed E-state index contributed by atoms with van der Waals surface area (Å²) in [6.45, 7) is 10.3. The molecular formula is C9H19NO. The third-order valence-electron chi connectivity index (χ3n) is 2.22. The minimum absolute atomic E-state index is 0.203. The first-order valence-corrected chi connectivity index (χ1v) is 4.39. The molecule has 2 nitrogen and oxygen atoms in total. The van der Waals surface area contributed by atoms with E-state index in [1.54, 1.807) is 0 Å². The molecule has 0 atom stereocenters. The molecule has 1 aliphatic heterocycles. The maximum absolute atomic E-state index is 8.97. The predicted molar refractivity (Wildman–Crippen MR) is 46.5 cm³/mol. The molecule has 1 aliphatic rings. The number of rotatable bonds is 3. The fourth-order valence-corrected chi connectivity index (χ4v) is 1.78. The molecule has 0 spiro atoms. The van der Waals surface area contributed by atoms with Gasteiger partial charge in [0.1, 0.15) is 0 Å². The van der Waals surface area contributed by atoms with Crippen LogP contribution in [0.15, 0.2) is 0 Å². The Labute approximate surface area is 69.2 Å². The molecule has 0 unspecified atom stereocenters. The fraction of sp³-hybridized carbons (Fsp3) is 1.00. The van der Waals surface area contributed by atoms with Crippen LogP contribution < -0.4 is 0 Å². The summed E-state index contributed by atoms with van der Waals surface area (Å²) in [5.41, 5.74) is 0.203. The molecule has 0 saturated carbocycles. The normalized spacial score (nSPS) is 23.7.